The second-order valence-corrected chi connectivity index (χ2v) is 5.49. The van der Waals surface area contributed by atoms with Crippen LogP contribution in [-0.2, 0) is 11.3 Å². The normalized spacial score (nSPS) is 14.3. The molecule has 2 rings (SSSR count). The second-order valence-electron chi connectivity index (χ2n) is 5.49. The number of hydrogen-bond acceptors (Lipinski definition) is 4. The fraction of sp³-hybridized carbons (Fsp3) is 0.471. The Bertz CT molecular complexity index is 684. The van der Waals surface area contributed by atoms with Gasteiger partial charge in [-0.2, -0.15) is 5.26 Å². The molecule has 1 aromatic rings. The lowest BCUT2D eigenvalue weighted by Gasteiger charge is -2.35. The first-order valence-electron chi connectivity index (χ1n) is 8.14. The number of rotatable bonds is 3. The first-order chi connectivity index (χ1) is 12.1. The predicted molar refractivity (Wildman–Crippen MR) is 107 cm³/mol. The van der Waals surface area contributed by atoms with Crippen molar-refractivity contribution >= 4 is 36.0 Å². The summed E-state index contributed by atoms with van der Waals surface area (Å²) in [4.78, 5) is 19.6. The number of piperazine rings is 1. The minimum absolute atomic E-state index is 0. The van der Waals surface area contributed by atoms with E-state index < -0.39 is 0 Å². The van der Waals surface area contributed by atoms with E-state index in [0.717, 1.165) is 0 Å². The Kier molecular flexibility index (Phi) is 9.12. The number of hydrogen-bond donors (Lipinski definition) is 1. The Labute approximate surface area is 169 Å². The van der Waals surface area contributed by atoms with E-state index in [1.807, 2.05) is 11.0 Å². The summed E-state index contributed by atoms with van der Waals surface area (Å²) in [5, 5.41) is 12.0. The van der Waals surface area contributed by atoms with Crippen molar-refractivity contribution in [3.8, 4) is 6.07 Å². The van der Waals surface area contributed by atoms with Crippen molar-refractivity contribution in [3.05, 3.63) is 35.1 Å². The maximum atomic E-state index is 13.9. The molecule has 1 N–H and O–H groups in total. The molecule has 0 saturated carbocycles. The van der Waals surface area contributed by atoms with Crippen molar-refractivity contribution in [2.75, 3.05) is 39.8 Å². The number of benzene rings is 1. The number of nitrogens with one attached hydrogen (secondary N) is 1. The first-order valence-corrected chi connectivity index (χ1v) is 8.14. The Morgan fingerprint density at radius 1 is 1.35 bits per heavy atom. The van der Waals surface area contributed by atoms with E-state index in [0.29, 0.717) is 49.9 Å². The van der Waals surface area contributed by atoms with Gasteiger partial charge >= 0.3 is 6.09 Å². The van der Waals surface area contributed by atoms with Gasteiger partial charge in [-0.15, -0.1) is 24.0 Å². The standard InChI is InChI=1S/C17H22FN5O2.HI/c1-3-25-17(24)23-8-6-22(7-9-23)16(20-2)21-12-14-10-13(11-19)4-5-15(14)18;/h4-5,10H,3,6-9,12H2,1-2H3,(H,20,21);1H. The second kappa shape index (κ2) is 10.8. The molecule has 0 bridgehead atoms. The lowest BCUT2D eigenvalue weighted by atomic mass is 10.1. The lowest BCUT2D eigenvalue weighted by molar-refractivity contribution is 0.0914. The molecule has 26 heavy (non-hydrogen) atoms. The molecule has 1 fully saturated rings. The molecule has 0 spiro atoms. The van der Waals surface area contributed by atoms with Crippen molar-refractivity contribution in [3.63, 3.8) is 0 Å². The lowest BCUT2D eigenvalue weighted by Crippen LogP contribution is -2.53. The molecule has 1 aliphatic rings. The summed E-state index contributed by atoms with van der Waals surface area (Å²) in [5.41, 5.74) is 0.821. The van der Waals surface area contributed by atoms with Gasteiger partial charge in [0.25, 0.3) is 0 Å². The zero-order valence-electron chi connectivity index (χ0n) is 14.9. The minimum Gasteiger partial charge on any atom is -0.450 e. The van der Waals surface area contributed by atoms with Gasteiger partial charge in [0.05, 0.1) is 18.2 Å². The zero-order valence-corrected chi connectivity index (χ0v) is 17.2. The maximum absolute atomic E-state index is 13.9. The van der Waals surface area contributed by atoms with Crippen LogP contribution >= 0.6 is 24.0 Å². The third kappa shape index (κ3) is 5.72. The van der Waals surface area contributed by atoms with E-state index in [9.17, 15) is 9.18 Å². The van der Waals surface area contributed by atoms with Crippen LogP contribution in [0.1, 0.15) is 18.1 Å². The van der Waals surface area contributed by atoms with Gasteiger partial charge in [0.2, 0.25) is 0 Å². The van der Waals surface area contributed by atoms with Crippen LogP contribution in [0.5, 0.6) is 0 Å². The van der Waals surface area contributed by atoms with E-state index >= 15 is 0 Å². The Morgan fingerprint density at radius 2 is 2.00 bits per heavy atom. The summed E-state index contributed by atoms with van der Waals surface area (Å²) in [6, 6.07) is 6.26. The van der Waals surface area contributed by atoms with Crippen LogP contribution in [0.25, 0.3) is 0 Å². The summed E-state index contributed by atoms with van der Waals surface area (Å²) < 4.78 is 18.9. The van der Waals surface area contributed by atoms with Crippen LogP contribution in [0.2, 0.25) is 0 Å². The highest BCUT2D eigenvalue weighted by molar-refractivity contribution is 14.0. The Hall–Kier alpha value is -2.09. The maximum Gasteiger partial charge on any atom is 0.409 e. The number of nitrogens with zero attached hydrogens (tertiary/aromatic N) is 4. The average Bonchev–Trinajstić information content (AvgIpc) is 2.64. The SMILES string of the molecule is CCOC(=O)N1CCN(C(=NC)NCc2cc(C#N)ccc2F)CC1.I. The molecular formula is C17H23FIN5O2. The van der Waals surface area contributed by atoms with Crippen LogP contribution in [0, 0.1) is 17.1 Å². The highest BCUT2D eigenvalue weighted by Gasteiger charge is 2.23. The summed E-state index contributed by atoms with van der Waals surface area (Å²) in [7, 11) is 1.65. The van der Waals surface area contributed by atoms with Gasteiger partial charge in [-0.25, -0.2) is 9.18 Å². The number of amides is 1. The van der Waals surface area contributed by atoms with Crippen LogP contribution in [0.4, 0.5) is 9.18 Å². The molecule has 7 nitrogen and oxygen atoms in total. The molecule has 0 aromatic heterocycles. The first kappa shape index (κ1) is 22.0. The predicted octanol–water partition coefficient (Wildman–Crippen LogP) is 2.16. The van der Waals surface area contributed by atoms with Crippen LogP contribution < -0.4 is 5.32 Å². The number of halogens is 2. The third-order valence-electron chi connectivity index (χ3n) is 3.93. The summed E-state index contributed by atoms with van der Waals surface area (Å²) in [6.07, 6.45) is -0.305. The molecule has 0 aliphatic carbocycles. The van der Waals surface area contributed by atoms with Gasteiger partial charge in [0.15, 0.2) is 5.96 Å². The number of nitriles is 1. The molecular weight excluding hydrogens is 452 g/mol. The fourth-order valence-electron chi connectivity index (χ4n) is 2.60. The van der Waals surface area contributed by atoms with Gasteiger partial charge in [-0.1, -0.05) is 0 Å². The van der Waals surface area contributed by atoms with Gasteiger partial charge in [0, 0.05) is 45.3 Å². The molecule has 9 heteroatoms. The highest BCUT2D eigenvalue weighted by atomic mass is 127. The smallest absolute Gasteiger partial charge is 0.409 e. The molecule has 1 heterocycles. The van der Waals surface area contributed by atoms with E-state index in [1.54, 1.807) is 18.9 Å². The monoisotopic (exact) mass is 475 g/mol. The fourth-order valence-corrected chi connectivity index (χ4v) is 2.60. The van der Waals surface area contributed by atoms with Crippen LogP contribution in [0.15, 0.2) is 23.2 Å². The van der Waals surface area contributed by atoms with Gasteiger partial charge < -0.3 is 19.9 Å². The number of carbonyl (C=O) groups excluding carboxylic acids is 1. The average molecular weight is 475 g/mol. The molecule has 0 atom stereocenters. The molecule has 1 aromatic carbocycles. The largest absolute Gasteiger partial charge is 0.450 e. The highest BCUT2D eigenvalue weighted by Crippen LogP contribution is 2.10. The zero-order chi connectivity index (χ0) is 18.2. The van der Waals surface area contributed by atoms with Gasteiger partial charge in [-0.05, 0) is 25.1 Å². The van der Waals surface area contributed by atoms with Gasteiger partial charge in [-0.3, -0.25) is 4.99 Å². The van der Waals surface area contributed by atoms with Crippen LogP contribution in [-0.4, -0.2) is 61.7 Å². The van der Waals surface area contributed by atoms with Crippen molar-refractivity contribution in [1.29, 1.82) is 5.26 Å². The Morgan fingerprint density at radius 3 is 2.58 bits per heavy atom. The molecule has 0 radical (unpaired) electrons. The summed E-state index contributed by atoms with van der Waals surface area (Å²) in [5.74, 6) is 0.263. The van der Waals surface area contributed by atoms with E-state index in [-0.39, 0.29) is 42.4 Å². The molecule has 1 saturated heterocycles. The Balaban J connectivity index is 0.00000338. The summed E-state index contributed by atoms with van der Waals surface area (Å²) >= 11 is 0. The molecule has 142 valence electrons. The third-order valence-corrected chi connectivity index (χ3v) is 3.93. The number of aliphatic imine (C=N–C) groups is 1. The minimum atomic E-state index is -0.367. The van der Waals surface area contributed by atoms with E-state index in [4.69, 9.17) is 10.00 Å². The van der Waals surface area contributed by atoms with Crippen molar-refractivity contribution < 1.29 is 13.9 Å². The van der Waals surface area contributed by atoms with E-state index in [1.165, 1.54) is 18.2 Å². The molecule has 1 amide bonds. The molecule has 0 unspecified atom stereocenters. The summed E-state index contributed by atoms with van der Waals surface area (Å²) in [6.45, 7) is 4.66. The van der Waals surface area contributed by atoms with Gasteiger partial charge in [0.1, 0.15) is 5.82 Å². The number of guanidine groups is 1. The number of carbonyl (C=O) groups is 1. The topological polar surface area (TPSA) is 81.0 Å². The van der Waals surface area contributed by atoms with Crippen LogP contribution in [0.3, 0.4) is 0 Å². The quantitative estimate of drug-likeness (QED) is 0.412. The van der Waals surface area contributed by atoms with Crippen molar-refractivity contribution in [2.45, 2.75) is 13.5 Å². The molecule has 1 aliphatic heterocycles. The van der Waals surface area contributed by atoms with Crippen molar-refractivity contribution in [1.82, 2.24) is 15.1 Å². The van der Waals surface area contributed by atoms with E-state index in [2.05, 4.69) is 10.3 Å². The number of ether oxygens (including phenoxy) is 1. The van der Waals surface area contributed by atoms with Crippen molar-refractivity contribution in [2.24, 2.45) is 4.99 Å².